The van der Waals surface area contributed by atoms with Crippen LogP contribution in [0.1, 0.15) is 18.4 Å². The number of hydrogen-bond acceptors (Lipinski definition) is 3. The molecule has 1 saturated heterocycles. The number of aliphatic hydroxyl groups excluding tert-OH is 1. The molecule has 0 radical (unpaired) electrons. The van der Waals surface area contributed by atoms with E-state index in [4.69, 9.17) is 5.11 Å². The number of aryl methyl sites for hydroxylation is 1. The maximum Gasteiger partial charge on any atom is 0.243 e. The highest BCUT2D eigenvalue weighted by Gasteiger charge is 2.33. The van der Waals surface area contributed by atoms with Gasteiger partial charge in [0, 0.05) is 24.2 Å². The van der Waals surface area contributed by atoms with Gasteiger partial charge in [0.25, 0.3) is 0 Å². The lowest BCUT2D eigenvalue weighted by atomic mass is 10.1. The molecule has 1 heterocycles. The van der Waals surface area contributed by atoms with E-state index in [2.05, 4.69) is 15.9 Å². The van der Waals surface area contributed by atoms with E-state index in [0.717, 1.165) is 16.5 Å². The van der Waals surface area contributed by atoms with Gasteiger partial charge in [0.15, 0.2) is 0 Å². The summed E-state index contributed by atoms with van der Waals surface area (Å²) in [7, 11) is -3.42. The first kappa shape index (κ1) is 15.0. The van der Waals surface area contributed by atoms with Crippen LogP contribution in [0.15, 0.2) is 27.6 Å². The van der Waals surface area contributed by atoms with E-state index < -0.39 is 10.0 Å². The highest BCUT2D eigenvalue weighted by Crippen LogP contribution is 2.29. The number of nitrogens with zero attached hydrogens (tertiary/aromatic N) is 1. The first-order chi connectivity index (χ1) is 8.95. The molecule has 0 spiro atoms. The number of halogens is 1. The van der Waals surface area contributed by atoms with Gasteiger partial charge in [-0.1, -0.05) is 22.0 Å². The van der Waals surface area contributed by atoms with Gasteiger partial charge in [-0.2, -0.15) is 4.31 Å². The van der Waals surface area contributed by atoms with Gasteiger partial charge in [-0.15, -0.1) is 0 Å². The van der Waals surface area contributed by atoms with Gasteiger partial charge in [0.05, 0.1) is 4.90 Å². The second kappa shape index (κ2) is 5.91. The highest BCUT2D eigenvalue weighted by molar-refractivity contribution is 9.10. The lowest BCUT2D eigenvalue weighted by Gasteiger charge is -2.18. The summed E-state index contributed by atoms with van der Waals surface area (Å²) in [6.07, 6.45) is 1.50. The standard InChI is InChI=1S/C13H18BrNO3S/c1-10-2-3-12(14)8-13(10)19(17,18)15-6-4-11(9-15)5-7-16/h2-3,8,11,16H,4-7,9H2,1H3. The van der Waals surface area contributed by atoms with Crippen LogP contribution in [-0.2, 0) is 10.0 Å². The van der Waals surface area contributed by atoms with Gasteiger partial charge in [0.2, 0.25) is 10.0 Å². The van der Waals surface area contributed by atoms with Gasteiger partial charge in [-0.3, -0.25) is 0 Å². The molecule has 0 aromatic heterocycles. The summed E-state index contributed by atoms with van der Waals surface area (Å²) >= 11 is 3.32. The largest absolute Gasteiger partial charge is 0.396 e. The Hall–Kier alpha value is -0.430. The van der Waals surface area contributed by atoms with E-state index in [-0.39, 0.29) is 12.5 Å². The molecule has 0 amide bonds. The molecule has 1 atom stereocenters. The fraction of sp³-hybridized carbons (Fsp3) is 0.538. The molecule has 1 aliphatic heterocycles. The number of benzene rings is 1. The minimum absolute atomic E-state index is 0.120. The van der Waals surface area contributed by atoms with Crippen molar-refractivity contribution in [1.82, 2.24) is 4.31 Å². The van der Waals surface area contributed by atoms with E-state index in [9.17, 15) is 8.42 Å². The van der Waals surface area contributed by atoms with Gasteiger partial charge in [-0.25, -0.2) is 8.42 Å². The maximum atomic E-state index is 12.6. The second-order valence-corrected chi connectivity index (χ2v) is 7.76. The summed E-state index contributed by atoms with van der Waals surface area (Å²) in [4.78, 5) is 0.367. The summed E-state index contributed by atoms with van der Waals surface area (Å²) in [6.45, 7) is 2.98. The van der Waals surface area contributed by atoms with E-state index in [1.54, 1.807) is 19.1 Å². The zero-order chi connectivity index (χ0) is 14.0. The fourth-order valence-electron chi connectivity index (χ4n) is 2.42. The minimum atomic E-state index is -3.42. The molecule has 1 fully saturated rings. The van der Waals surface area contributed by atoms with Crippen LogP contribution in [0, 0.1) is 12.8 Å². The third-order valence-electron chi connectivity index (χ3n) is 3.55. The average molecular weight is 348 g/mol. The first-order valence-electron chi connectivity index (χ1n) is 6.32. The monoisotopic (exact) mass is 347 g/mol. The zero-order valence-corrected chi connectivity index (χ0v) is 13.2. The third kappa shape index (κ3) is 3.18. The first-order valence-corrected chi connectivity index (χ1v) is 8.55. The zero-order valence-electron chi connectivity index (χ0n) is 10.8. The molecule has 0 aliphatic carbocycles. The Morgan fingerprint density at radius 3 is 2.89 bits per heavy atom. The molecule has 6 heteroatoms. The molecule has 1 unspecified atom stereocenters. The Labute approximate surface area is 122 Å². The second-order valence-electron chi connectivity index (χ2n) is 4.94. The van der Waals surface area contributed by atoms with Crippen molar-refractivity contribution in [3.8, 4) is 0 Å². The summed E-state index contributed by atoms with van der Waals surface area (Å²) in [5.41, 5.74) is 0.758. The number of hydrogen-bond donors (Lipinski definition) is 1. The Balaban J connectivity index is 2.26. The van der Waals surface area contributed by atoms with Crippen LogP contribution in [0.5, 0.6) is 0 Å². The lowest BCUT2D eigenvalue weighted by Crippen LogP contribution is -2.29. The number of sulfonamides is 1. The van der Waals surface area contributed by atoms with Crippen molar-refractivity contribution in [1.29, 1.82) is 0 Å². The normalized spacial score (nSPS) is 20.9. The van der Waals surface area contributed by atoms with Crippen molar-refractivity contribution >= 4 is 26.0 Å². The molecular formula is C13H18BrNO3S. The third-order valence-corrected chi connectivity index (χ3v) is 6.05. The quantitative estimate of drug-likeness (QED) is 0.907. The molecule has 19 heavy (non-hydrogen) atoms. The van der Waals surface area contributed by atoms with Gasteiger partial charge >= 0.3 is 0 Å². The van der Waals surface area contributed by atoms with Crippen molar-refractivity contribution in [3.05, 3.63) is 28.2 Å². The molecule has 2 rings (SSSR count). The summed E-state index contributed by atoms with van der Waals surface area (Å²) in [5, 5.41) is 8.94. The van der Waals surface area contributed by atoms with Crippen LogP contribution in [0.4, 0.5) is 0 Å². The number of aliphatic hydroxyl groups is 1. The lowest BCUT2D eigenvalue weighted by molar-refractivity contribution is 0.259. The van der Waals surface area contributed by atoms with E-state index in [1.807, 2.05) is 6.07 Å². The molecule has 0 saturated carbocycles. The Morgan fingerprint density at radius 2 is 2.21 bits per heavy atom. The molecule has 0 bridgehead atoms. The van der Waals surface area contributed by atoms with Crippen LogP contribution in [0.3, 0.4) is 0 Å². The van der Waals surface area contributed by atoms with Crippen molar-refractivity contribution in [2.24, 2.45) is 5.92 Å². The fourth-order valence-corrected chi connectivity index (χ4v) is 4.72. The summed E-state index contributed by atoms with van der Waals surface area (Å²) in [5.74, 6) is 0.271. The molecule has 1 aromatic carbocycles. The van der Waals surface area contributed by atoms with Crippen LogP contribution in [-0.4, -0.2) is 37.5 Å². The Kier molecular flexibility index (Phi) is 4.66. The average Bonchev–Trinajstić information content (AvgIpc) is 2.82. The predicted molar refractivity (Wildman–Crippen MR) is 77.4 cm³/mol. The van der Waals surface area contributed by atoms with Crippen LogP contribution in [0.25, 0.3) is 0 Å². The van der Waals surface area contributed by atoms with Crippen LogP contribution in [0.2, 0.25) is 0 Å². The Bertz CT molecular complexity index is 559. The molecule has 106 valence electrons. The summed E-state index contributed by atoms with van der Waals surface area (Å²) in [6, 6.07) is 5.30. The van der Waals surface area contributed by atoms with Crippen LogP contribution >= 0.6 is 15.9 Å². The highest BCUT2D eigenvalue weighted by atomic mass is 79.9. The van der Waals surface area contributed by atoms with Crippen LogP contribution < -0.4 is 0 Å². The Morgan fingerprint density at radius 1 is 1.47 bits per heavy atom. The predicted octanol–water partition coefficient (Wildman–Crippen LogP) is 2.15. The summed E-state index contributed by atoms with van der Waals surface area (Å²) < 4.78 is 27.5. The topological polar surface area (TPSA) is 57.6 Å². The van der Waals surface area contributed by atoms with Crippen molar-refractivity contribution in [2.45, 2.75) is 24.7 Å². The van der Waals surface area contributed by atoms with E-state index >= 15 is 0 Å². The van der Waals surface area contributed by atoms with Crippen molar-refractivity contribution in [2.75, 3.05) is 19.7 Å². The smallest absolute Gasteiger partial charge is 0.243 e. The van der Waals surface area contributed by atoms with Gasteiger partial charge in [0.1, 0.15) is 0 Å². The molecule has 1 N–H and O–H groups in total. The molecular weight excluding hydrogens is 330 g/mol. The van der Waals surface area contributed by atoms with Crippen molar-refractivity contribution in [3.63, 3.8) is 0 Å². The van der Waals surface area contributed by atoms with E-state index in [1.165, 1.54) is 4.31 Å². The van der Waals surface area contributed by atoms with Gasteiger partial charge in [-0.05, 0) is 43.4 Å². The van der Waals surface area contributed by atoms with Gasteiger partial charge < -0.3 is 5.11 Å². The SMILES string of the molecule is Cc1ccc(Br)cc1S(=O)(=O)N1CCC(CCO)C1. The molecule has 4 nitrogen and oxygen atoms in total. The minimum Gasteiger partial charge on any atom is -0.396 e. The van der Waals surface area contributed by atoms with E-state index in [0.29, 0.717) is 24.4 Å². The maximum absolute atomic E-state index is 12.6. The van der Waals surface area contributed by atoms with Crippen molar-refractivity contribution < 1.29 is 13.5 Å². The number of rotatable bonds is 4. The molecule has 1 aromatic rings. The molecule has 1 aliphatic rings.